The first-order valence-electron chi connectivity index (χ1n) is 6.80. The molecule has 2 aliphatic rings. The van der Waals surface area contributed by atoms with E-state index in [2.05, 4.69) is 13.0 Å². The van der Waals surface area contributed by atoms with E-state index in [0.29, 0.717) is 11.0 Å². The third-order valence-electron chi connectivity index (χ3n) is 5.28. The lowest BCUT2D eigenvalue weighted by molar-refractivity contribution is 0.0600. The Hall–Kier alpha value is -1.31. The minimum Gasteiger partial charge on any atom is -0.465 e. The van der Waals surface area contributed by atoms with Crippen molar-refractivity contribution in [3.63, 3.8) is 0 Å². The van der Waals surface area contributed by atoms with Crippen LogP contribution >= 0.6 is 0 Å². The van der Waals surface area contributed by atoms with E-state index in [9.17, 15) is 4.79 Å². The van der Waals surface area contributed by atoms with Gasteiger partial charge in [0.2, 0.25) is 0 Å². The Morgan fingerprint density at radius 2 is 2.00 bits per heavy atom. The van der Waals surface area contributed by atoms with Gasteiger partial charge in [-0.1, -0.05) is 25.5 Å². The Balaban J connectivity index is 1.99. The van der Waals surface area contributed by atoms with E-state index in [4.69, 9.17) is 4.74 Å². The predicted octanol–water partition coefficient (Wildman–Crippen LogP) is 3.70. The monoisotopic (exact) mass is 244 g/mol. The number of benzene rings is 1. The molecule has 0 saturated heterocycles. The molecule has 0 unspecified atom stereocenters. The Labute approximate surface area is 108 Å². The van der Waals surface area contributed by atoms with Crippen molar-refractivity contribution in [1.29, 1.82) is 0 Å². The largest absolute Gasteiger partial charge is 0.465 e. The lowest BCUT2D eigenvalue weighted by Crippen LogP contribution is -2.28. The zero-order valence-electron chi connectivity index (χ0n) is 11.2. The minimum absolute atomic E-state index is 0.233. The molecule has 2 nitrogen and oxygen atoms in total. The number of carbonyl (C=O) groups is 1. The molecule has 0 N–H and O–H groups in total. The Kier molecular flexibility index (Phi) is 2.51. The first-order chi connectivity index (χ1) is 8.61. The van der Waals surface area contributed by atoms with E-state index in [1.807, 2.05) is 18.2 Å². The molecule has 0 radical (unpaired) electrons. The molecule has 2 saturated carbocycles. The molecule has 0 bridgehead atoms. The Morgan fingerprint density at radius 1 is 1.22 bits per heavy atom. The van der Waals surface area contributed by atoms with Crippen LogP contribution in [0.2, 0.25) is 0 Å². The van der Waals surface area contributed by atoms with Gasteiger partial charge >= 0.3 is 5.97 Å². The normalized spacial score (nSPS) is 28.3. The summed E-state index contributed by atoms with van der Waals surface area (Å²) >= 11 is 0. The van der Waals surface area contributed by atoms with Crippen LogP contribution in [0.5, 0.6) is 0 Å². The molecule has 1 aromatic carbocycles. The van der Waals surface area contributed by atoms with Gasteiger partial charge in [0, 0.05) is 0 Å². The average Bonchev–Trinajstić information content (AvgIpc) is 3.11. The molecule has 0 aliphatic heterocycles. The smallest absolute Gasteiger partial charge is 0.337 e. The molecule has 96 valence electrons. The second-order valence-electron chi connectivity index (χ2n) is 6.04. The fraction of sp³-hybridized carbons (Fsp3) is 0.562. The van der Waals surface area contributed by atoms with Crippen molar-refractivity contribution in [2.24, 2.45) is 5.41 Å². The standard InChI is InChI=1S/C16H20O2/c1-15(7-4-8-16(15)9-10-16)13-6-3-5-12(11-13)14(17)18-2/h3,5-6,11H,4,7-10H2,1-2H3/t15-/m1/s1. The van der Waals surface area contributed by atoms with E-state index >= 15 is 0 Å². The SMILES string of the molecule is COC(=O)c1cccc([C@@]2(C)CCCC23CC3)c1. The third-order valence-corrected chi connectivity index (χ3v) is 5.28. The number of esters is 1. The number of hydrogen-bond donors (Lipinski definition) is 0. The summed E-state index contributed by atoms with van der Waals surface area (Å²) in [6.45, 7) is 2.38. The van der Waals surface area contributed by atoms with Crippen LogP contribution in [-0.4, -0.2) is 13.1 Å². The Morgan fingerprint density at radius 3 is 2.67 bits per heavy atom. The lowest BCUT2D eigenvalue weighted by atomic mass is 9.71. The van der Waals surface area contributed by atoms with Gasteiger partial charge in [-0.25, -0.2) is 4.79 Å². The maximum Gasteiger partial charge on any atom is 0.337 e. The molecule has 2 aliphatic carbocycles. The first kappa shape index (κ1) is 11.8. The van der Waals surface area contributed by atoms with Crippen LogP contribution in [0.1, 0.15) is 54.9 Å². The molecule has 0 amide bonds. The van der Waals surface area contributed by atoms with Crippen molar-refractivity contribution in [3.05, 3.63) is 35.4 Å². The topological polar surface area (TPSA) is 26.3 Å². The van der Waals surface area contributed by atoms with E-state index in [1.54, 1.807) is 0 Å². The van der Waals surface area contributed by atoms with Crippen molar-refractivity contribution >= 4 is 5.97 Å². The van der Waals surface area contributed by atoms with E-state index in [0.717, 1.165) is 0 Å². The van der Waals surface area contributed by atoms with E-state index < -0.39 is 0 Å². The maximum atomic E-state index is 11.6. The molecule has 0 aromatic heterocycles. The van der Waals surface area contributed by atoms with Gasteiger partial charge in [-0.15, -0.1) is 0 Å². The van der Waals surface area contributed by atoms with Gasteiger partial charge in [-0.3, -0.25) is 0 Å². The van der Waals surface area contributed by atoms with Crippen LogP contribution in [0, 0.1) is 5.41 Å². The van der Waals surface area contributed by atoms with Gasteiger partial charge in [-0.05, 0) is 54.2 Å². The molecule has 2 fully saturated rings. The van der Waals surface area contributed by atoms with Gasteiger partial charge < -0.3 is 4.74 Å². The van der Waals surface area contributed by atoms with E-state index in [1.165, 1.54) is 44.8 Å². The molecule has 1 atom stereocenters. The quantitative estimate of drug-likeness (QED) is 0.741. The van der Waals surface area contributed by atoms with Gasteiger partial charge in [-0.2, -0.15) is 0 Å². The summed E-state index contributed by atoms with van der Waals surface area (Å²) in [6, 6.07) is 8.05. The molecular weight excluding hydrogens is 224 g/mol. The highest BCUT2D eigenvalue weighted by atomic mass is 16.5. The summed E-state index contributed by atoms with van der Waals surface area (Å²) in [5.74, 6) is -0.233. The summed E-state index contributed by atoms with van der Waals surface area (Å²) < 4.78 is 4.82. The zero-order valence-corrected chi connectivity index (χ0v) is 11.2. The Bertz CT molecular complexity index is 488. The fourth-order valence-electron chi connectivity index (χ4n) is 3.83. The highest BCUT2D eigenvalue weighted by Gasteiger charge is 2.59. The summed E-state index contributed by atoms with van der Waals surface area (Å²) in [5.41, 5.74) is 2.79. The van der Waals surface area contributed by atoms with Crippen molar-refractivity contribution in [1.82, 2.24) is 0 Å². The fourth-order valence-corrected chi connectivity index (χ4v) is 3.83. The molecule has 3 rings (SSSR count). The highest BCUT2D eigenvalue weighted by Crippen LogP contribution is 2.68. The van der Waals surface area contributed by atoms with Crippen molar-refractivity contribution in [2.75, 3.05) is 7.11 Å². The van der Waals surface area contributed by atoms with Gasteiger partial charge in [0.05, 0.1) is 12.7 Å². The van der Waals surface area contributed by atoms with E-state index in [-0.39, 0.29) is 11.4 Å². The van der Waals surface area contributed by atoms with Gasteiger partial charge in [0.1, 0.15) is 0 Å². The van der Waals surface area contributed by atoms with Gasteiger partial charge in [0.25, 0.3) is 0 Å². The molecule has 2 heteroatoms. The van der Waals surface area contributed by atoms with Crippen LogP contribution in [-0.2, 0) is 10.2 Å². The number of ether oxygens (including phenoxy) is 1. The molecule has 18 heavy (non-hydrogen) atoms. The van der Waals surface area contributed by atoms with Gasteiger partial charge in [0.15, 0.2) is 0 Å². The highest BCUT2D eigenvalue weighted by molar-refractivity contribution is 5.89. The average molecular weight is 244 g/mol. The second kappa shape index (κ2) is 3.84. The molecule has 0 heterocycles. The lowest BCUT2D eigenvalue weighted by Gasteiger charge is -2.33. The number of hydrogen-bond acceptors (Lipinski definition) is 2. The molecule has 1 spiro atoms. The molecular formula is C16H20O2. The number of rotatable bonds is 2. The molecule has 1 aromatic rings. The van der Waals surface area contributed by atoms with Crippen LogP contribution < -0.4 is 0 Å². The summed E-state index contributed by atoms with van der Waals surface area (Å²) in [5, 5.41) is 0. The third kappa shape index (κ3) is 1.51. The summed E-state index contributed by atoms with van der Waals surface area (Å²) in [7, 11) is 1.44. The summed E-state index contributed by atoms with van der Waals surface area (Å²) in [6.07, 6.45) is 6.63. The maximum absolute atomic E-state index is 11.6. The van der Waals surface area contributed by atoms with Crippen LogP contribution in [0.4, 0.5) is 0 Å². The zero-order chi connectivity index (χ0) is 12.8. The van der Waals surface area contributed by atoms with Crippen LogP contribution in [0.3, 0.4) is 0 Å². The van der Waals surface area contributed by atoms with Crippen LogP contribution in [0.15, 0.2) is 24.3 Å². The van der Waals surface area contributed by atoms with Crippen molar-refractivity contribution < 1.29 is 9.53 Å². The van der Waals surface area contributed by atoms with Crippen molar-refractivity contribution in [3.8, 4) is 0 Å². The summed E-state index contributed by atoms with van der Waals surface area (Å²) in [4.78, 5) is 11.6. The first-order valence-corrected chi connectivity index (χ1v) is 6.80. The van der Waals surface area contributed by atoms with Crippen molar-refractivity contribution in [2.45, 2.75) is 44.4 Å². The second-order valence-corrected chi connectivity index (χ2v) is 6.04. The predicted molar refractivity (Wildman–Crippen MR) is 70.7 cm³/mol. The van der Waals surface area contributed by atoms with Crippen LogP contribution in [0.25, 0.3) is 0 Å². The number of methoxy groups -OCH3 is 1. The minimum atomic E-state index is -0.233. The number of carbonyl (C=O) groups excluding carboxylic acids is 1.